The Morgan fingerprint density at radius 1 is 0.933 bits per heavy atom. The summed E-state index contributed by atoms with van der Waals surface area (Å²) in [6, 6.07) is 11.1. The van der Waals surface area contributed by atoms with Crippen molar-refractivity contribution < 1.29 is 5.11 Å². The van der Waals surface area contributed by atoms with Crippen LogP contribution in [-0.2, 0) is 0 Å². The standard InChI is InChI=1S/C13H11NO/c15-13-4-2-1-3-12(13)6-5-11-7-9-14-10-8-11/h1-10,15H/b6-5+. The molecule has 0 aliphatic rings. The van der Waals surface area contributed by atoms with E-state index in [0.717, 1.165) is 11.1 Å². The van der Waals surface area contributed by atoms with Crippen LogP contribution in [0.15, 0.2) is 48.8 Å². The van der Waals surface area contributed by atoms with Gasteiger partial charge in [0.05, 0.1) is 0 Å². The Morgan fingerprint density at radius 2 is 1.67 bits per heavy atom. The fourth-order valence-corrected chi connectivity index (χ4v) is 1.29. The van der Waals surface area contributed by atoms with Gasteiger partial charge >= 0.3 is 0 Å². The van der Waals surface area contributed by atoms with Crippen molar-refractivity contribution in [2.75, 3.05) is 0 Å². The molecule has 1 aromatic carbocycles. The number of benzene rings is 1. The van der Waals surface area contributed by atoms with Crippen LogP contribution in [0.4, 0.5) is 0 Å². The minimum absolute atomic E-state index is 0.294. The lowest BCUT2D eigenvalue weighted by Crippen LogP contribution is -1.74. The maximum absolute atomic E-state index is 9.52. The van der Waals surface area contributed by atoms with Crippen LogP contribution in [-0.4, -0.2) is 10.1 Å². The number of aromatic nitrogens is 1. The first-order valence-electron chi connectivity index (χ1n) is 4.72. The largest absolute Gasteiger partial charge is 0.507 e. The lowest BCUT2D eigenvalue weighted by atomic mass is 10.1. The van der Waals surface area contributed by atoms with Gasteiger partial charge in [0, 0.05) is 18.0 Å². The van der Waals surface area contributed by atoms with Gasteiger partial charge in [0.1, 0.15) is 5.75 Å². The maximum Gasteiger partial charge on any atom is 0.122 e. The predicted octanol–water partition coefficient (Wildman–Crippen LogP) is 2.96. The summed E-state index contributed by atoms with van der Waals surface area (Å²) in [6.07, 6.45) is 7.30. The second-order valence-corrected chi connectivity index (χ2v) is 3.17. The van der Waals surface area contributed by atoms with E-state index in [2.05, 4.69) is 4.98 Å². The number of aromatic hydroxyl groups is 1. The zero-order valence-electron chi connectivity index (χ0n) is 8.17. The summed E-state index contributed by atoms with van der Waals surface area (Å²) < 4.78 is 0. The van der Waals surface area contributed by atoms with Gasteiger partial charge in [-0.05, 0) is 23.8 Å². The Morgan fingerprint density at radius 3 is 2.40 bits per heavy atom. The molecule has 0 saturated carbocycles. The molecule has 2 rings (SSSR count). The molecule has 0 spiro atoms. The highest BCUT2D eigenvalue weighted by Gasteiger charge is 1.93. The van der Waals surface area contributed by atoms with Crippen molar-refractivity contribution in [2.45, 2.75) is 0 Å². The summed E-state index contributed by atoms with van der Waals surface area (Å²) >= 11 is 0. The Balaban J connectivity index is 2.23. The van der Waals surface area contributed by atoms with Gasteiger partial charge in [-0.3, -0.25) is 4.98 Å². The van der Waals surface area contributed by atoms with Crippen molar-refractivity contribution in [2.24, 2.45) is 0 Å². The summed E-state index contributed by atoms with van der Waals surface area (Å²) in [5.41, 5.74) is 1.88. The molecule has 0 amide bonds. The van der Waals surface area contributed by atoms with Gasteiger partial charge in [-0.1, -0.05) is 30.4 Å². The molecule has 15 heavy (non-hydrogen) atoms. The average Bonchev–Trinajstić information content (AvgIpc) is 2.29. The first-order chi connectivity index (χ1) is 7.36. The fraction of sp³-hybridized carbons (Fsp3) is 0. The number of phenols is 1. The number of hydrogen-bond acceptors (Lipinski definition) is 2. The van der Waals surface area contributed by atoms with E-state index in [0.29, 0.717) is 5.75 Å². The highest BCUT2D eigenvalue weighted by Crippen LogP contribution is 2.18. The van der Waals surface area contributed by atoms with Gasteiger partial charge in [-0.2, -0.15) is 0 Å². The van der Waals surface area contributed by atoms with E-state index in [4.69, 9.17) is 0 Å². The van der Waals surface area contributed by atoms with Crippen LogP contribution in [0.3, 0.4) is 0 Å². The van der Waals surface area contributed by atoms with Crippen molar-refractivity contribution >= 4 is 12.2 Å². The zero-order valence-corrected chi connectivity index (χ0v) is 8.17. The predicted molar refractivity (Wildman–Crippen MR) is 61.3 cm³/mol. The first-order valence-corrected chi connectivity index (χ1v) is 4.72. The Labute approximate surface area is 88.5 Å². The van der Waals surface area contributed by atoms with Gasteiger partial charge < -0.3 is 5.11 Å². The van der Waals surface area contributed by atoms with Crippen LogP contribution >= 0.6 is 0 Å². The SMILES string of the molecule is Oc1ccccc1/C=C/c1ccncc1. The van der Waals surface area contributed by atoms with E-state index < -0.39 is 0 Å². The minimum atomic E-state index is 0.294. The summed E-state index contributed by atoms with van der Waals surface area (Å²) in [7, 11) is 0. The third kappa shape index (κ3) is 2.44. The van der Waals surface area contributed by atoms with Gasteiger partial charge in [0.2, 0.25) is 0 Å². The number of nitrogens with zero attached hydrogens (tertiary/aromatic N) is 1. The van der Waals surface area contributed by atoms with E-state index >= 15 is 0 Å². The minimum Gasteiger partial charge on any atom is -0.507 e. The maximum atomic E-state index is 9.52. The number of rotatable bonds is 2. The fourth-order valence-electron chi connectivity index (χ4n) is 1.29. The van der Waals surface area contributed by atoms with Gasteiger partial charge in [0.15, 0.2) is 0 Å². The van der Waals surface area contributed by atoms with Crippen LogP contribution in [0.5, 0.6) is 5.75 Å². The second kappa shape index (κ2) is 4.42. The molecule has 0 radical (unpaired) electrons. The molecular weight excluding hydrogens is 186 g/mol. The molecule has 0 bridgehead atoms. The molecule has 0 unspecified atom stereocenters. The average molecular weight is 197 g/mol. The van der Waals surface area contributed by atoms with Gasteiger partial charge in [-0.15, -0.1) is 0 Å². The Bertz CT molecular complexity index is 463. The van der Waals surface area contributed by atoms with E-state index in [1.165, 1.54) is 0 Å². The first kappa shape index (κ1) is 9.46. The van der Waals surface area contributed by atoms with E-state index in [9.17, 15) is 5.11 Å². The summed E-state index contributed by atoms with van der Waals surface area (Å²) in [5, 5.41) is 9.52. The Hall–Kier alpha value is -2.09. The molecule has 0 saturated heterocycles. The van der Waals surface area contributed by atoms with E-state index in [-0.39, 0.29) is 0 Å². The molecule has 0 fully saturated rings. The molecule has 2 nitrogen and oxygen atoms in total. The van der Waals surface area contributed by atoms with Crippen LogP contribution < -0.4 is 0 Å². The van der Waals surface area contributed by atoms with Gasteiger partial charge in [-0.25, -0.2) is 0 Å². The molecule has 74 valence electrons. The van der Waals surface area contributed by atoms with Crippen molar-refractivity contribution in [3.8, 4) is 5.75 Å². The van der Waals surface area contributed by atoms with Crippen molar-refractivity contribution in [1.29, 1.82) is 0 Å². The lowest BCUT2D eigenvalue weighted by molar-refractivity contribution is 0.474. The summed E-state index contributed by atoms with van der Waals surface area (Å²) in [5.74, 6) is 0.294. The molecule has 1 heterocycles. The lowest BCUT2D eigenvalue weighted by Gasteiger charge is -1.97. The van der Waals surface area contributed by atoms with E-state index in [1.54, 1.807) is 24.5 Å². The van der Waals surface area contributed by atoms with E-state index in [1.807, 2.05) is 36.4 Å². The molecule has 2 heteroatoms. The zero-order chi connectivity index (χ0) is 10.5. The van der Waals surface area contributed by atoms with Gasteiger partial charge in [0.25, 0.3) is 0 Å². The van der Waals surface area contributed by atoms with Crippen molar-refractivity contribution in [3.63, 3.8) is 0 Å². The third-order valence-corrected chi connectivity index (χ3v) is 2.10. The van der Waals surface area contributed by atoms with Crippen molar-refractivity contribution in [3.05, 3.63) is 59.9 Å². The second-order valence-electron chi connectivity index (χ2n) is 3.17. The third-order valence-electron chi connectivity index (χ3n) is 2.10. The highest BCUT2D eigenvalue weighted by molar-refractivity contribution is 5.72. The number of pyridine rings is 1. The Kier molecular flexibility index (Phi) is 2.79. The molecular formula is C13H11NO. The van der Waals surface area contributed by atoms with Crippen molar-refractivity contribution in [1.82, 2.24) is 4.98 Å². The summed E-state index contributed by atoms with van der Waals surface area (Å²) in [6.45, 7) is 0. The number of para-hydroxylation sites is 1. The summed E-state index contributed by atoms with van der Waals surface area (Å²) in [4.78, 5) is 3.93. The van der Waals surface area contributed by atoms with Crippen LogP contribution in [0.25, 0.3) is 12.2 Å². The monoisotopic (exact) mass is 197 g/mol. The molecule has 2 aromatic rings. The molecule has 0 aliphatic carbocycles. The van der Waals surface area contributed by atoms with Crippen LogP contribution in [0, 0.1) is 0 Å². The van der Waals surface area contributed by atoms with Crippen LogP contribution in [0.1, 0.15) is 11.1 Å². The highest BCUT2D eigenvalue weighted by atomic mass is 16.3. The quantitative estimate of drug-likeness (QED) is 0.802. The smallest absolute Gasteiger partial charge is 0.122 e. The molecule has 0 atom stereocenters. The normalized spacial score (nSPS) is 10.7. The molecule has 1 aromatic heterocycles. The molecule has 0 aliphatic heterocycles. The van der Waals surface area contributed by atoms with Crippen LogP contribution in [0.2, 0.25) is 0 Å². The topological polar surface area (TPSA) is 33.1 Å². The number of phenolic OH excluding ortho intramolecular Hbond substituents is 1. The number of hydrogen-bond donors (Lipinski definition) is 1. The molecule has 1 N–H and O–H groups in total.